The van der Waals surface area contributed by atoms with E-state index in [1.54, 1.807) is 49.5 Å². The normalized spacial score (nSPS) is 10.9. The fourth-order valence-corrected chi connectivity index (χ4v) is 2.82. The first-order chi connectivity index (χ1) is 13.9. The number of hydrogen-bond donors (Lipinski definition) is 0. The smallest absolute Gasteiger partial charge is 0.203 e. The molecular weight excluding hydrogens is 376 g/mol. The quantitative estimate of drug-likeness (QED) is 0.358. The van der Waals surface area contributed by atoms with Crippen molar-refractivity contribution in [1.29, 1.82) is 0 Å². The molecule has 0 amide bonds. The fourth-order valence-electron chi connectivity index (χ4n) is 2.82. The van der Waals surface area contributed by atoms with Crippen molar-refractivity contribution < 1.29 is 23.7 Å². The van der Waals surface area contributed by atoms with Gasteiger partial charge in [0, 0.05) is 31.4 Å². The number of hydrogen-bond acceptors (Lipinski definition) is 8. The molecule has 0 fully saturated rings. The lowest BCUT2D eigenvalue weighted by atomic mass is 9.96. The van der Waals surface area contributed by atoms with Gasteiger partial charge in [0.05, 0.1) is 28.4 Å². The monoisotopic (exact) mass is 400 g/mol. The molecule has 0 N–H and O–H groups in total. The number of ketones is 1. The molecule has 2 rings (SSSR count). The number of nitrogens with zero attached hydrogens (tertiary/aromatic N) is 2. The van der Waals surface area contributed by atoms with E-state index in [-0.39, 0.29) is 11.5 Å². The van der Waals surface area contributed by atoms with Gasteiger partial charge in [0.25, 0.3) is 0 Å². The largest absolute Gasteiger partial charge is 0.494 e. The molecule has 0 spiro atoms. The van der Waals surface area contributed by atoms with Gasteiger partial charge >= 0.3 is 0 Å². The van der Waals surface area contributed by atoms with Crippen LogP contribution in [0.5, 0.6) is 23.0 Å². The summed E-state index contributed by atoms with van der Waals surface area (Å²) in [5.41, 5.74) is 1.32. The van der Waals surface area contributed by atoms with Crippen LogP contribution in [0.25, 0.3) is 5.57 Å². The summed E-state index contributed by atoms with van der Waals surface area (Å²) in [6.45, 7) is 0. The molecule has 0 aliphatic heterocycles. The first-order valence-corrected chi connectivity index (χ1v) is 8.64. The Hall–Kier alpha value is -3.55. The van der Waals surface area contributed by atoms with Crippen LogP contribution in [-0.2, 0) is 0 Å². The van der Waals surface area contributed by atoms with Crippen molar-refractivity contribution in [3.8, 4) is 23.0 Å². The molecule has 0 saturated heterocycles. The first-order valence-electron chi connectivity index (χ1n) is 8.64. The van der Waals surface area contributed by atoms with E-state index >= 15 is 0 Å². The summed E-state index contributed by atoms with van der Waals surface area (Å²) in [4.78, 5) is 26.3. The molecule has 0 heterocycles. The highest BCUT2D eigenvalue weighted by Crippen LogP contribution is 2.39. The Kier molecular flexibility index (Phi) is 7.19. The summed E-state index contributed by atoms with van der Waals surface area (Å²) in [7, 11) is 9.49. The van der Waals surface area contributed by atoms with Gasteiger partial charge in [0.1, 0.15) is 11.4 Å². The Balaban J connectivity index is 2.63. The lowest BCUT2D eigenvalue weighted by molar-refractivity contribution is 0.105. The minimum Gasteiger partial charge on any atom is -0.494 e. The van der Waals surface area contributed by atoms with Gasteiger partial charge in [0.15, 0.2) is 17.3 Å². The van der Waals surface area contributed by atoms with Gasteiger partial charge in [-0.3, -0.25) is 4.79 Å². The van der Waals surface area contributed by atoms with Gasteiger partial charge in [-0.1, -0.05) is 6.07 Å². The van der Waals surface area contributed by atoms with Gasteiger partial charge in [-0.05, 0) is 35.0 Å². The molecule has 0 atom stereocenters. The topological polar surface area (TPSA) is 86.7 Å². The van der Waals surface area contributed by atoms with Crippen molar-refractivity contribution in [2.45, 2.75) is 0 Å². The maximum absolute atomic E-state index is 13.4. The average molecular weight is 400 g/mol. The number of allylic oxidation sites excluding steroid dienone is 1. The summed E-state index contributed by atoms with van der Waals surface area (Å²) >= 11 is 0. The maximum Gasteiger partial charge on any atom is 0.203 e. The molecule has 0 aromatic heterocycles. The molecule has 0 unspecified atom stereocenters. The number of benzene rings is 2. The Morgan fingerprint density at radius 1 is 0.862 bits per heavy atom. The van der Waals surface area contributed by atoms with Crippen LogP contribution in [0.1, 0.15) is 15.9 Å². The molecule has 0 radical (unpaired) electrons. The lowest BCUT2D eigenvalue weighted by Gasteiger charge is -2.16. The number of ether oxygens (including phenoxy) is 4. The van der Waals surface area contributed by atoms with Crippen LogP contribution in [0.3, 0.4) is 0 Å². The molecule has 0 aliphatic rings. The van der Waals surface area contributed by atoms with Gasteiger partial charge < -0.3 is 23.8 Å². The molecule has 29 heavy (non-hydrogen) atoms. The zero-order valence-corrected chi connectivity index (χ0v) is 17.3. The van der Waals surface area contributed by atoms with Crippen LogP contribution in [0.2, 0.25) is 0 Å². The lowest BCUT2D eigenvalue weighted by Crippen LogP contribution is -2.10. The molecule has 154 valence electrons. The number of carbonyl (C=O) groups excluding carboxylic acids is 1. The highest BCUT2D eigenvalue weighted by Gasteiger charge is 2.21. The van der Waals surface area contributed by atoms with Crippen LogP contribution in [0.4, 0.5) is 5.69 Å². The van der Waals surface area contributed by atoms with Gasteiger partial charge in [-0.2, -0.15) is 0 Å². The summed E-state index contributed by atoms with van der Waals surface area (Å²) in [6, 6.07) is 7.96. The summed E-state index contributed by atoms with van der Waals surface area (Å²) in [5, 5.41) is 2.99. The number of carbonyl (C=O) groups is 1. The van der Waals surface area contributed by atoms with Gasteiger partial charge in [0.2, 0.25) is 5.75 Å². The van der Waals surface area contributed by atoms with E-state index in [1.807, 2.05) is 0 Å². The predicted octanol–water partition coefficient (Wildman–Crippen LogP) is 3.90. The number of rotatable bonds is 9. The minimum absolute atomic E-state index is 0.104. The van der Waals surface area contributed by atoms with Crippen molar-refractivity contribution >= 4 is 17.0 Å². The van der Waals surface area contributed by atoms with E-state index in [0.717, 1.165) is 0 Å². The standard InChI is InChI=1S/C21H24N2O6/c1-23(2)12-15(13-7-8-17(26-3)16(9-13)22-25)20(24)14-10-18(27-4)21(29-6)19(11-14)28-5/h7-12H,1-6H3. The summed E-state index contributed by atoms with van der Waals surface area (Å²) in [5.74, 6) is 1.16. The molecule has 8 heteroatoms. The number of Topliss-reactive ketones (excluding diaryl/α,β-unsaturated/α-hetero) is 1. The molecule has 8 nitrogen and oxygen atoms in total. The zero-order valence-electron chi connectivity index (χ0n) is 17.3. The summed E-state index contributed by atoms with van der Waals surface area (Å²) < 4.78 is 21.1. The Morgan fingerprint density at radius 2 is 1.45 bits per heavy atom. The van der Waals surface area contributed by atoms with Gasteiger partial charge in [-0.25, -0.2) is 0 Å². The van der Waals surface area contributed by atoms with Crippen molar-refractivity contribution in [1.82, 2.24) is 4.90 Å². The highest BCUT2D eigenvalue weighted by molar-refractivity contribution is 6.29. The van der Waals surface area contributed by atoms with Crippen LogP contribution < -0.4 is 18.9 Å². The SMILES string of the molecule is COc1ccc(C(=CN(C)C)C(=O)c2cc(OC)c(OC)c(OC)c2)cc1N=O. The van der Waals surface area contributed by atoms with E-state index in [0.29, 0.717) is 39.7 Å². The van der Waals surface area contributed by atoms with Crippen LogP contribution in [-0.4, -0.2) is 53.2 Å². The van der Waals surface area contributed by atoms with Crippen LogP contribution in [0.15, 0.2) is 41.7 Å². The predicted molar refractivity (Wildman–Crippen MR) is 111 cm³/mol. The van der Waals surface area contributed by atoms with E-state index in [1.165, 1.54) is 34.5 Å². The van der Waals surface area contributed by atoms with E-state index in [2.05, 4.69) is 5.18 Å². The maximum atomic E-state index is 13.4. The van der Waals surface area contributed by atoms with Crippen molar-refractivity contribution in [3.05, 3.63) is 52.6 Å². The number of nitroso groups, excluding NO2 is 1. The second-order valence-electron chi connectivity index (χ2n) is 6.23. The number of methoxy groups -OCH3 is 4. The molecule has 0 bridgehead atoms. The van der Waals surface area contributed by atoms with Crippen molar-refractivity contribution in [3.63, 3.8) is 0 Å². The highest BCUT2D eigenvalue weighted by atomic mass is 16.5. The molecule has 0 aliphatic carbocycles. The Bertz CT molecular complexity index is 912. The average Bonchev–Trinajstić information content (AvgIpc) is 2.75. The van der Waals surface area contributed by atoms with Crippen LogP contribution >= 0.6 is 0 Å². The molecular formula is C21H24N2O6. The van der Waals surface area contributed by atoms with Gasteiger partial charge in [-0.15, -0.1) is 4.91 Å². The van der Waals surface area contributed by atoms with Crippen molar-refractivity contribution in [2.24, 2.45) is 5.18 Å². The van der Waals surface area contributed by atoms with Crippen molar-refractivity contribution in [2.75, 3.05) is 42.5 Å². The third-order valence-corrected chi connectivity index (χ3v) is 4.15. The third kappa shape index (κ3) is 4.66. The third-order valence-electron chi connectivity index (χ3n) is 4.15. The first kappa shape index (κ1) is 21.7. The van der Waals surface area contributed by atoms with E-state index in [4.69, 9.17) is 18.9 Å². The molecule has 0 saturated carbocycles. The fraction of sp³-hybridized carbons (Fsp3) is 0.286. The van der Waals surface area contributed by atoms with E-state index in [9.17, 15) is 9.70 Å². The van der Waals surface area contributed by atoms with E-state index < -0.39 is 0 Å². The second-order valence-corrected chi connectivity index (χ2v) is 6.23. The minimum atomic E-state index is -0.292. The van der Waals surface area contributed by atoms with Crippen LogP contribution in [0, 0.1) is 4.91 Å². The molecule has 2 aromatic carbocycles. The second kappa shape index (κ2) is 9.59. The Labute approximate surface area is 169 Å². The molecule has 2 aromatic rings. The Morgan fingerprint density at radius 3 is 1.90 bits per heavy atom. The summed E-state index contributed by atoms with van der Waals surface area (Å²) in [6.07, 6.45) is 1.67. The zero-order chi connectivity index (χ0) is 21.6.